The third-order valence-corrected chi connectivity index (χ3v) is 8.27. The molecule has 4 rings (SSSR count). The van der Waals surface area contributed by atoms with Crippen LogP contribution in [-0.4, -0.2) is 51.2 Å². The van der Waals surface area contributed by atoms with Crippen LogP contribution in [-0.2, 0) is 9.53 Å². The molecule has 0 amide bonds. The first-order valence-corrected chi connectivity index (χ1v) is 12.3. The van der Waals surface area contributed by atoms with E-state index in [0.29, 0.717) is 22.5 Å². The van der Waals surface area contributed by atoms with Gasteiger partial charge in [0.2, 0.25) is 0 Å². The summed E-state index contributed by atoms with van der Waals surface area (Å²) in [5.41, 5.74) is 9.85. The number of fused-ring (bicyclic) bond motifs is 3. The van der Waals surface area contributed by atoms with Crippen LogP contribution in [0.25, 0.3) is 0 Å². The number of aryl methyl sites for hydroxylation is 1. The molecule has 6 nitrogen and oxygen atoms in total. The van der Waals surface area contributed by atoms with Gasteiger partial charge in [0.15, 0.2) is 0 Å². The number of nitrogens with one attached hydrogen (secondary N) is 2. The number of aliphatic imine (C=N–C) groups is 1. The Bertz CT molecular complexity index is 850. The highest BCUT2D eigenvalue weighted by atomic mass is 32.2. The number of esters is 1. The molecule has 3 aliphatic heterocycles. The van der Waals surface area contributed by atoms with Crippen molar-refractivity contribution >= 4 is 23.4 Å². The Balaban J connectivity index is 1.77. The van der Waals surface area contributed by atoms with Crippen molar-refractivity contribution in [3.8, 4) is 0 Å². The van der Waals surface area contributed by atoms with Crippen molar-refractivity contribution in [3.63, 3.8) is 0 Å². The third kappa shape index (κ3) is 4.56. The predicted molar refractivity (Wildman–Crippen MR) is 127 cm³/mol. The van der Waals surface area contributed by atoms with E-state index in [9.17, 15) is 4.79 Å². The van der Waals surface area contributed by atoms with Crippen LogP contribution in [0.15, 0.2) is 29.3 Å². The molecular weight excluding hydrogens is 408 g/mol. The zero-order valence-corrected chi connectivity index (χ0v) is 20.5. The van der Waals surface area contributed by atoms with Crippen molar-refractivity contribution in [3.05, 3.63) is 35.4 Å². The minimum absolute atomic E-state index is 0.0528. The monoisotopic (exact) mass is 444 g/mol. The van der Waals surface area contributed by atoms with Crippen LogP contribution in [0, 0.1) is 18.8 Å². The van der Waals surface area contributed by atoms with Crippen molar-refractivity contribution in [1.29, 1.82) is 0 Å². The molecule has 0 saturated carbocycles. The zero-order valence-electron chi connectivity index (χ0n) is 19.7. The lowest BCUT2D eigenvalue weighted by Crippen LogP contribution is -2.50. The second kappa shape index (κ2) is 8.50. The number of carbonyl (C=O) groups excluding carboxylic acids is 1. The van der Waals surface area contributed by atoms with E-state index in [1.165, 1.54) is 5.56 Å². The number of thioether (sulfide) groups is 1. The van der Waals surface area contributed by atoms with E-state index in [4.69, 9.17) is 9.73 Å². The van der Waals surface area contributed by atoms with Gasteiger partial charge in [0.25, 0.3) is 0 Å². The average molecular weight is 445 g/mol. The molecule has 0 aromatic heterocycles. The van der Waals surface area contributed by atoms with Gasteiger partial charge in [0, 0.05) is 16.9 Å². The molecule has 7 heteroatoms. The number of ether oxygens (including phenoxy) is 1. The molecule has 3 aliphatic rings. The first-order valence-electron chi connectivity index (χ1n) is 11.4. The third-order valence-electron chi connectivity index (χ3n) is 6.60. The molecule has 2 N–H and O–H groups in total. The van der Waals surface area contributed by atoms with Gasteiger partial charge in [-0.3, -0.25) is 14.7 Å². The highest BCUT2D eigenvalue weighted by Gasteiger charge is 2.53. The van der Waals surface area contributed by atoms with Crippen molar-refractivity contribution in [2.45, 2.75) is 89.5 Å². The van der Waals surface area contributed by atoms with Crippen LogP contribution in [0.2, 0.25) is 0 Å². The molecule has 2 fully saturated rings. The molecule has 7 atom stereocenters. The van der Waals surface area contributed by atoms with E-state index in [-0.39, 0.29) is 30.8 Å². The molecule has 31 heavy (non-hydrogen) atoms. The molecule has 1 aromatic rings. The van der Waals surface area contributed by atoms with Gasteiger partial charge in [-0.2, -0.15) is 0 Å². The SMILES string of the molecule is Cc1ccc(C2=N[C@@H](CC(=O)OC(C)(C)C)C3NNC(C)N3C3SC(C)C(C)C23)cc1. The lowest BCUT2D eigenvalue weighted by molar-refractivity contribution is -0.155. The summed E-state index contributed by atoms with van der Waals surface area (Å²) in [5.74, 6) is 0.591. The van der Waals surface area contributed by atoms with Gasteiger partial charge in [-0.05, 0) is 46.1 Å². The molecule has 0 radical (unpaired) electrons. The molecule has 0 spiro atoms. The summed E-state index contributed by atoms with van der Waals surface area (Å²) in [4.78, 5) is 20.6. The highest BCUT2D eigenvalue weighted by Crippen LogP contribution is 2.49. The lowest BCUT2D eigenvalue weighted by atomic mass is 9.84. The molecule has 0 bridgehead atoms. The maximum absolute atomic E-state index is 12.8. The standard InChI is InChI=1S/C24H36N4O2S/c1-13-8-10-17(11-9-13)21-20-14(2)15(3)31-23(20)28-16(4)26-27-22(28)18(25-21)12-19(29)30-24(5,6)7/h8-11,14-16,18,20,22-23,26-27H,12H2,1-7H3/t14?,15?,16?,18-,20?,22?,23?/m0/s1. The number of carbonyl (C=O) groups is 1. The Morgan fingerprint density at radius 3 is 2.48 bits per heavy atom. The molecule has 0 aliphatic carbocycles. The maximum Gasteiger partial charge on any atom is 0.308 e. The van der Waals surface area contributed by atoms with Gasteiger partial charge in [-0.1, -0.05) is 43.7 Å². The molecule has 3 heterocycles. The average Bonchev–Trinajstić information content (AvgIpc) is 3.14. The second-order valence-corrected chi connectivity index (χ2v) is 11.7. The Morgan fingerprint density at radius 1 is 1.16 bits per heavy atom. The van der Waals surface area contributed by atoms with E-state index >= 15 is 0 Å². The molecular formula is C24H36N4O2S. The fourth-order valence-corrected chi connectivity index (χ4v) is 6.78. The summed E-state index contributed by atoms with van der Waals surface area (Å²) >= 11 is 2.03. The Kier molecular flexibility index (Phi) is 6.25. The van der Waals surface area contributed by atoms with E-state index < -0.39 is 5.60 Å². The normalized spacial score (nSPS) is 35.8. The fraction of sp³-hybridized carbons (Fsp3) is 0.667. The summed E-state index contributed by atoms with van der Waals surface area (Å²) in [7, 11) is 0. The van der Waals surface area contributed by atoms with Crippen LogP contribution >= 0.6 is 11.8 Å². The van der Waals surface area contributed by atoms with Crippen LogP contribution in [0.1, 0.15) is 59.1 Å². The highest BCUT2D eigenvalue weighted by molar-refractivity contribution is 8.00. The predicted octanol–water partition coefficient (Wildman–Crippen LogP) is 3.69. The van der Waals surface area contributed by atoms with Crippen LogP contribution in [0.5, 0.6) is 0 Å². The number of nitrogens with zero attached hydrogens (tertiary/aromatic N) is 2. The van der Waals surface area contributed by atoms with Crippen molar-refractivity contribution in [1.82, 2.24) is 15.8 Å². The molecule has 2 saturated heterocycles. The second-order valence-electron chi connectivity index (χ2n) is 10.2. The van der Waals surface area contributed by atoms with Crippen molar-refractivity contribution < 1.29 is 9.53 Å². The Labute approximate surface area is 190 Å². The van der Waals surface area contributed by atoms with Gasteiger partial charge in [0.1, 0.15) is 5.60 Å². The maximum atomic E-state index is 12.8. The summed E-state index contributed by atoms with van der Waals surface area (Å²) in [6.45, 7) is 14.7. The van der Waals surface area contributed by atoms with Crippen LogP contribution in [0.3, 0.4) is 0 Å². The lowest BCUT2D eigenvalue weighted by Gasteiger charge is -2.34. The number of hydrogen-bond donors (Lipinski definition) is 2. The van der Waals surface area contributed by atoms with E-state index in [1.54, 1.807) is 0 Å². The van der Waals surface area contributed by atoms with Crippen molar-refractivity contribution in [2.75, 3.05) is 0 Å². The van der Waals surface area contributed by atoms with E-state index in [0.717, 1.165) is 11.3 Å². The summed E-state index contributed by atoms with van der Waals surface area (Å²) < 4.78 is 5.67. The molecule has 170 valence electrons. The number of hydrazine groups is 1. The Morgan fingerprint density at radius 2 is 1.84 bits per heavy atom. The van der Waals surface area contributed by atoms with Gasteiger partial charge in [-0.15, -0.1) is 11.8 Å². The molecule has 6 unspecified atom stereocenters. The number of benzene rings is 1. The van der Waals surface area contributed by atoms with Crippen LogP contribution < -0.4 is 10.9 Å². The van der Waals surface area contributed by atoms with Gasteiger partial charge in [0.05, 0.1) is 30.2 Å². The van der Waals surface area contributed by atoms with Gasteiger partial charge >= 0.3 is 5.97 Å². The zero-order chi connectivity index (χ0) is 22.5. The summed E-state index contributed by atoms with van der Waals surface area (Å²) in [5, 5.41) is 0.845. The minimum Gasteiger partial charge on any atom is -0.460 e. The first-order chi connectivity index (χ1) is 14.5. The van der Waals surface area contributed by atoms with E-state index in [1.807, 2.05) is 32.5 Å². The quantitative estimate of drug-likeness (QED) is 0.693. The first kappa shape index (κ1) is 22.8. The number of hydrogen-bond acceptors (Lipinski definition) is 7. The topological polar surface area (TPSA) is 66.0 Å². The van der Waals surface area contributed by atoms with Gasteiger partial charge < -0.3 is 4.74 Å². The minimum atomic E-state index is -0.504. The fourth-order valence-electron chi connectivity index (χ4n) is 4.93. The summed E-state index contributed by atoms with van der Waals surface area (Å²) in [6, 6.07) is 8.45. The molecule has 1 aromatic carbocycles. The largest absolute Gasteiger partial charge is 0.460 e. The Hall–Kier alpha value is -1.41. The van der Waals surface area contributed by atoms with Gasteiger partial charge in [-0.25, -0.2) is 10.9 Å². The van der Waals surface area contributed by atoms with Crippen LogP contribution in [0.4, 0.5) is 0 Å². The summed E-state index contributed by atoms with van der Waals surface area (Å²) in [6.07, 6.45) is 0.364. The van der Waals surface area contributed by atoms with Crippen molar-refractivity contribution in [2.24, 2.45) is 16.8 Å². The number of rotatable bonds is 3. The smallest absolute Gasteiger partial charge is 0.308 e. The van der Waals surface area contributed by atoms with E-state index in [2.05, 4.69) is 67.7 Å².